The van der Waals surface area contributed by atoms with E-state index in [9.17, 15) is 5.11 Å². The minimum Gasteiger partial charge on any atom is -0.506 e. The molecule has 1 heterocycles. The van der Waals surface area contributed by atoms with Gasteiger partial charge in [0.05, 0.1) is 5.52 Å². The van der Waals surface area contributed by atoms with E-state index in [1.807, 2.05) is 17.7 Å². The average molecular weight is 192 g/mol. The molecule has 0 aliphatic heterocycles. The Hall–Kier alpha value is -1.55. The minimum atomic E-state index is 0.209. The molecule has 0 radical (unpaired) electrons. The fraction of sp³-hybridized carbons (Fsp3) is 0.300. The number of fused-ring (bicyclic) bond motifs is 1. The summed E-state index contributed by atoms with van der Waals surface area (Å²) in [4.78, 5) is 4.29. The normalized spacial score (nSPS) is 11.0. The first-order valence-corrected chi connectivity index (χ1v) is 4.36. The third kappa shape index (κ3) is 1.24. The maximum Gasteiger partial charge on any atom is 0.143 e. The smallest absolute Gasteiger partial charge is 0.143 e. The number of aromatic nitrogens is 2. The third-order valence-corrected chi connectivity index (χ3v) is 2.26. The zero-order chi connectivity index (χ0) is 10.1. The van der Waals surface area contributed by atoms with Crippen molar-refractivity contribution in [2.24, 2.45) is 7.05 Å². The number of imidazole rings is 1. The number of rotatable bonds is 2. The molecule has 0 unspecified atom stereocenters. The minimum absolute atomic E-state index is 0.209. The summed E-state index contributed by atoms with van der Waals surface area (Å²) in [7, 11) is 3.53. The van der Waals surface area contributed by atoms with Crippen LogP contribution in [0.3, 0.4) is 0 Å². The van der Waals surface area contributed by atoms with E-state index < -0.39 is 0 Å². The van der Waals surface area contributed by atoms with Crippen LogP contribution >= 0.6 is 0 Å². The van der Waals surface area contributed by atoms with E-state index in [2.05, 4.69) is 4.98 Å². The van der Waals surface area contributed by atoms with Crippen LogP contribution < -0.4 is 0 Å². The zero-order valence-electron chi connectivity index (χ0n) is 8.19. The van der Waals surface area contributed by atoms with Crippen LogP contribution in [-0.4, -0.2) is 21.8 Å². The van der Waals surface area contributed by atoms with Crippen molar-refractivity contribution in [1.82, 2.24) is 9.55 Å². The summed E-state index contributed by atoms with van der Waals surface area (Å²) in [6, 6.07) is 5.35. The topological polar surface area (TPSA) is 47.3 Å². The van der Waals surface area contributed by atoms with Gasteiger partial charge < -0.3 is 14.4 Å². The Bertz CT molecular complexity index is 462. The van der Waals surface area contributed by atoms with Gasteiger partial charge in [0.15, 0.2) is 0 Å². The molecule has 1 aromatic heterocycles. The van der Waals surface area contributed by atoms with Crippen LogP contribution in [0.5, 0.6) is 5.75 Å². The van der Waals surface area contributed by atoms with Crippen LogP contribution in [0.25, 0.3) is 11.0 Å². The number of aromatic hydroxyl groups is 1. The van der Waals surface area contributed by atoms with Crippen LogP contribution in [0, 0.1) is 0 Å². The average Bonchev–Trinajstić information content (AvgIpc) is 2.48. The fourth-order valence-corrected chi connectivity index (χ4v) is 1.51. The standard InChI is InChI=1S/C10H12N2O2/c1-12-7-4-3-5-8(13)10(7)11-9(12)6-14-2/h3-5,13H,6H2,1-2H3. The van der Waals surface area contributed by atoms with Crippen molar-refractivity contribution in [2.45, 2.75) is 6.61 Å². The molecule has 0 bridgehead atoms. The van der Waals surface area contributed by atoms with Crippen LogP contribution in [0.4, 0.5) is 0 Å². The summed E-state index contributed by atoms with van der Waals surface area (Å²) in [5.74, 6) is 1.02. The summed E-state index contributed by atoms with van der Waals surface area (Å²) in [5, 5.41) is 9.56. The zero-order valence-corrected chi connectivity index (χ0v) is 8.19. The number of para-hydroxylation sites is 1. The predicted octanol–water partition coefficient (Wildman–Crippen LogP) is 1.43. The largest absolute Gasteiger partial charge is 0.506 e. The van der Waals surface area contributed by atoms with Gasteiger partial charge in [-0.25, -0.2) is 4.98 Å². The van der Waals surface area contributed by atoms with Gasteiger partial charge in [-0.15, -0.1) is 0 Å². The highest BCUT2D eigenvalue weighted by Crippen LogP contribution is 2.23. The molecule has 0 fully saturated rings. The van der Waals surface area contributed by atoms with Gasteiger partial charge >= 0.3 is 0 Å². The van der Waals surface area contributed by atoms with E-state index in [1.54, 1.807) is 19.2 Å². The molecule has 1 N–H and O–H groups in total. The van der Waals surface area contributed by atoms with Gasteiger partial charge in [0.1, 0.15) is 23.7 Å². The van der Waals surface area contributed by atoms with Crippen molar-refractivity contribution in [3.8, 4) is 5.75 Å². The van der Waals surface area contributed by atoms with Gasteiger partial charge in [0, 0.05) is 14.2 Å². The first kappa shape index (κ1) is 9.02. The molecule has 74 valence electrons. The van der Waals surface area contributed by atoms with Crippen LogP contribution in [0.15, 0.2) is 18.2 Å². The maximum absolute atomic E-state index is 9.56. The number of phenolic OH excluding ortho intramolecular Hbond substituents is 1. The van der Waals surface area contributed by atoms with Gasteiger partial charge in [-0.05, 0) is 12.1 Å². The third-order valence-electron chi connectivity index (χ3n) is 2.26. The van der Waals surface area contributed by atoms with E-state index in [0.717, 1.165) is 11.3 Å². The second-order valence-corrected chi connectivity index (χ2v) is 3.16. The number of hydrogen-bond acceptors (Lipinski definition) is 3. The second kappa shape index (κ2) is 3.31. The predicted molar refractivity (Wildman–Crippen MR) is 53.1 cm³/mol. The lowest BCUT2D eigenvalue weighted by atomic mass is 10.3. The monoisotopic (exact) mass is 192 g/mol. The molecule has 0 spiro atoms. The van der Waals surface area contributed by atoms with Crippen LogP contribution in [-0.2, 0) is 18.4 Å². The summed E-state index contributed by atoms with van der Waals surface area (Å²) in [6.07, 6.45) is 0. The number of hydrogen-bond donors (Lipinski definition) is 1. The van der Waals surface area contributed by atoms with Gasteiger partial charge in [0.25, 0.3) is 0 Å². The number of ether oxygens (including phenoxy) is 1. The molecule has 0 atom stereocenters. The quantitative estimate of drug-likeness (QED) is 0.782. The number of methoxy groups -OCH3 is 1. The molecule has 14 heavy (non-hydrogen) atoms. The van der Waals surface area contributed by atoms with Gasteiger partial charge in [0.2, 0.25) is 0 Å². The summed E-state index contributed by atoms with van der Waals surface area (Å²) in [5.41, 5.74) is 1.54. The SMILES string of the molecule is COCc1nc2c(O)cccc2n1C. The van der Waals surface area contributed by atoms with E-state index in [-0.39, 0.29) is 5.75 Å². The van der Waals surface area contributed by atoms with Crippen molar-refractivity contribution < 1.29 is 9.84 Å². The lowest BCUT2D eigenvalue weighted by Gasteiger charge is -1.99. The lowest BCUT2D eigenvalue weighted by Crippen LogP contribution is -1.98. The van der Waals surface area contributed by atoms with Gasteiger partial charge in [-0.1, -0.05) is 6.07 Å². The van der Waals surface area contributed by atoms with Gasteiger partial charge in [-0.3, -0.25) is 0 Å². The molecule has 0 aliphatic carbocycles. The highest BCUT2D eigenvalue weighted by atomic mass is 16.5. The van der Waals surface area contributed by atoms with E-state index in [0.29, 0.717) is 12.1 Å². The number of phenols is 1. The summed E-state index contributed by atoms with van der Waals surface area (Å²) < 4.78 is 6.93. The van der Waals surface area contributed by atoms with Crippen LogP contribution in [0.2, 0.25) is 0 Å². The molecule has 0 saturated carbocycles. The lowest BCUT2D eigenvalue weighted by molar-refractivity contribution is 0.176. The molecular formula is C10H12N2O2. The molecule has 4 heteroatoms. The fourth-order valence-electron chi connectivity index (χ4n) is 1.51. The number of aryl methyl sites for hydroxylation is 1. The molecular weight excluding hydrogens is 180 g/mol. The van der Waals surface area contributed by atoms with Crippen molar-refractivity contribution in [3.05, 3.63) is 24.0 Å². The first-order chi connectivity index (χ1) is 6.74. The van der Waals surface area contributed by atoms with Crippen molar-refractivity contribution in [1.29, 1.82) is 0 Å². The van der Waals surface area contributed by atoms with E-state index in [4.69, 9.17) is 4.74 Å². The Kier molecular flexibility index (Phi) is 2.13. The molecule has 0 saturated heterocycles. The van der Waals surface area contributed by atoms with Crippen LogP contribution in [0.1, 0.15) is 5.82 Å². The van der Waals surface area contributed by atoms with Crippen molar-refractivity contribution >= 4 is 11.0 Å². The Morgan fingerprint density at radius 2 is 2.29 bits per heavy atom. The summed E-state index contributed by atoms with van der Waals surface area (Å²) >= 11 is 0. The molecule has 2 rings (SSSR count). The van der Waals surface area contributed by atoms with Crippen molar-refractivity contribution in [2.75, 3.05) is 7.11 Å². The number of benzene rings is 1. The van der Waals surface area contributed by atoms with Gasteiger partial charge in [-0.2, -0.15) is 0 Å². The Morgan fingerprint density at radius 1 is 1.50 bits per heavy atom. The molecule has 1 aromatic carbocycles. The molecule has 0 aliphatic rings. The second-order valence-electron chi connectivity index (χ2n) is 3.16. The Labute approximate surface area is 81.8 Å². The molecule has 2 aromatic rings. The molecule has 4 nitrogen and oxygen atoms in total. The first-order valence-electron chi connectivity index (χ1n) is 4.36. The van der Waals surface area contributed by atoms with E-state index in [1.165, 1.54) is 0 Å². The van der Waals surface area contributed by atoms with E-state index >= 15 is 0 Å². The maximum atomic E-state index is 9.56. The Morgan fingerprint density at radius 3 is 2.93 bits per heavy atom. The molecule has 0 amide bonds. The highest BCUT2D eigenvalue weighted by molar-refractivity contribution is 5.82. The van der Waals surface area contributed by atoms with Crippen molar-refractivity contribution in [3.63, 3.8) is 0 Å². The highest BCUT2D eigenvalue weighted by Gasteiger charge is 2.09. The number of nitrogens with zero attached hydrogens (tertiary/aromatic N) is 2. The summed E-state index contributed by atoms with van der Waals surface area (Å²) in [6.45, 7) is 0.449. The Balaban J connectivity index is 2.67.